The Balaban J connectivity index is 1.58. The van der Waals surface area contributed by atoms with Crippen LogP contribution in [0, 0.1) is 0 Å². The van der Waals surface area contributed by atoms with Crippen molar-refractivity contribution in [3.63, 3.8) is 0 Å². The van der Waals surface area contributed by atoms with Gasteiger partial charge in [-0.25, -0.2) is 9.67 Å². The van der Waals surface area contributed by atoms with Gasteiger partial charge in [0.05, 0.1) is 35.6 Å². The molecule has 4 rings (SSSR count). The third-order valence-corrected chi connectivity index (χ3v) is 4.80. The molecule has 0 bridgehead atoms. The van der Waals surface area contributed by atoms with E-state index in [1.807, 2.05) is 47.3 Å². The summed E-state index contributed by atoms with van der Waals surface area (Å²) in [5.74, 6) is 0.655. The van der Waals surface area contributed by atoms with Crippen molar-refractivity contribution in [2.45, 2.75) is 25.3 Å². The molecule has 5 nitrogen and oxygen atoms in total. The molecule has 0 aliphatic heterocycles. The van der Waals surface area contributed by atoms with Crippen molar-refractivity contribution >= 4 is 34.7 Å². The van der Waals surface area contributed by atoms with Crippen LogP contribution in [0.25, 0.3) is 23.1 Å². The smallest absolute Gasteiger partial charge is 0.138 e. The van der Waals surface area contributed by atoms with E-state index in [0.29, 0.717) is 16.8 Å². The summed E-state index contributed by atoms with van der Waals surface area (Å²) in [5, 5.41) is 9.85. The van der Waals surface area contributed by atoms with Gasteiger partial charge in [-0.3, -0.25) is 0 Å². The third-order valence-electron chi connectivity index (χ3n) is 4.41. The molecule has 0 N–H and O–H groups in total. The molecule has 0 saturated heterocycles. The van der Waals surface area contributed by atoms with Crippen LogP contribution in [0.5, 0.6) is 5.75 Å². The Morgan fingerprint density at radius 1 is 1.17 bits per heavy atom. The van der Waals surface area contributed by atoms with Crippen LogP contribution >= 0.6 is 11.6 Å². The lowest BCUT2D eigenvalue weighted by atomic mass is 9.93. The maximum absolute atomic E-state index is 6.31. The fourth-order valence-electron chi connectivity index (χ4n) is 2.78. The summed E-state index contributed by atoms with van der Waals surface area (Å²) in [6, 6.07) is 8.15. The first-order chi connectivity index (χ1) is 11.7. The molecule has 2 heterocycles. The fraction of sp³-hybridized carbons (Fsp3) is 0.278. The van der Waals surface area contributed by atoms with Gasteiger partial charge in [0.15, 0.2) is 0 Å². The average molecular weight is 341 g/mol. The minimum absolute atomic E-state index is 0.524. The Morgan fingerprint density at radius 3 is 2.75 bits per heavy atom. The molecule has 0 amide bonds. The van der Waals surface area contributed by atoms with Gasteiger partial charge in [-0.1, -0.05) is 16.8 Å². The van der Waals surface area contributed by atoms with Crippen LogP contribution in [0.2, 0.25) is 5.02 Å². The molecule has 0 unspecified atom stereocenters. The molecule has 1 aromatic carbocycles. The highest BCUT2D eigenvalue weighted by Crippen LogP contribution is 2.32. The van der Waals surface area contributed by atoms with Gasteiger partial charge in [0.1, 0.15) is 11.4 Å². The zero-order valence-corrected chi connectivity index (χ0v) is 14.1. The molecule has 0 spiro atoms. The predicted octanol–water partition coefficient (Wildman–Crippen LogP) is 4.38. The topological polar surface area (TPSA) is 52.8 Å². The Hall–Kier alpha value is -2.40. The van der Waals surface area contributed by atoms with E-state index in [0.717, 1.165) is 22.3 Å². The van der Waals surface area contributed by atoms with Gasteiger partial charge in [-0.05, 0) is 55.7 Å². The maximum Gasteiger partial charge on any atom is 0.138 e. The van der Waals surface area contributed by atoms with Crippen LogP contribution in [-0.4, -0.2) is 27.1 Å². The van der Waals surface area contributed by atoms with E-state index in [9.17, 15) is 0 Å². The summed E-state index contributed by atoms with van der Waals surface area (Å²) >= 11 is 6.31. The number of ether oxygens (including phenoxy) is 1. The van der Waals surface area contributed by atoms with Gasteiger partial charge in [0, 0.05) is 5.39 Å². The number of benzene rings is 1. The van der Waals surface area contributed by atoms with Crippen molar-refractivity contribution in [3.05, 3.63) is 46.9 Å². The minimum Gasteiger partial charge on any atom is -0.495 e. The Kier molecular flexibility index (Phi) is 3.94. The van der Waals surface area contributed by atoms with Gasteiger partial charge in [-0.2, -0.15) is 0 Å². The lowest BCUT2D eigenvalue weighted by Gasteiger charge is -2.24. The fourth-order valence-corrected chi connectivity index (χ4v) is 3.08. The highest BCUT2D eigenvalue weighted by molar-refractivity contribution is 6.36. The van der Waals surface area contributed by atoms with E-state index in [-0.39, 0.29) is 0 Å². The second-order valence-corrected chi connectivity index (χ2v) is 6.30. The Labute approximate surface area is 144 Å². The summed E-state index contributed by atoms with van der Waals surface area (Å²) in [5.41, 5.74) is 2.53. The summed E-state index contributed by atoms with van der Waals surface area (Å²) in [7, 11) is 1.61. The Morgan fingerprint density at radius 2 is 2.00 bits per heavy atom. The van der Waals surface area contributed by atoms with E-state index in [1.165, 1.54) is 19.3 Å². The molecule has 6 heteroatoms. The summed E-state index contributed by atoms with van der Waals surface area (Å²) in [6.45, 7) is 0. The van der Waals surface area contributed by atoms with Gasteiger partial charge >= 0.3 is 0 Å². The number of fused-ring (bicyclic) bond motifs is 1. The molecule has 2 aromatic heterocycles. The molecule has 1 saturated carbocycles. The van der Waals surface area contributed by atoms with Crippen molar-refractivity contribution in [2.75, 3.05) is 7.11 Å². The SMILES string of the molecule is COc1ccc2nc(/C=C/c3cn(C4CCC4)nn3)ccc2c1Cl. The van der Waals surface area contributed by atoms with Crippen molar-refractivity contribution in [3.8, 4) is 5.75 Å². The van der Waals surface area contributed by atoms with Gasteiger partial charge in [-0.15, -0.1) is 5.10 Å². The first-order valence-corrected chi connectivity index (χ1v) is 8.35. The van der Waals surface area contributed by atoms with Crippen LogP contribution in [-0.2, 0) is 0 Å². The van der Waals surface area contributed by atoms with Crippen LogP contribution in [0.1, 0.15) is 36.7 Å². The van der Waals surface area contributed by atoms with Crippen molar-refractivity contribution < 1.29 is 4.74 Å². The van der Waals surface area contributed by atoms with Crippen LogP contribution < -0.4 is 4.74 Å². The van der Waals surface area contributed by atoms with Crippen LogP contribution in [0.15, 0.2) is 30.5 Å². The number of methoxy groups -OCH3 is 1. The van der Waals surface area contributed by atoms with Crippen LogP contribution in [0.4, 0.5) is 0 Å². The summed E-state index contributed by atoms with van der Waals surface area (Å²) in [6.07, 6.45) is 9.53. The number of hydrogen-bond acceptors (Lipinski definition) is 4. The zero-order valence-electron chi connectivity index (χ0n) is 13.3. The lowest BCUT2D eigenvalue weighted by molar-refractivity contribution is 0.284. The molecule has 3 aromatic rings. The molecule has 0 atom stereocenters. The van der Waals surface area contributed by atoms with Gasteiger partial charge < -0.3 is 4.74 Å². The molecule has 1 fully saturated rings. The van der Waals surface area contributed by atoms with Crippen molar-refractivity contribution in [1.82, 2.24) is 20.0 Å². The van der Waals surface area contributed by atoms with Gasteiger partial charge in [0.2, 0.25) is 0 Å². The Bertz CT molecular complexity index is 915. The molecule has 122 valence electrons. The highest BCUT2D eigenvalue weighted by atomic mass is 35.5. The average Bonchev–Trinajstić information content (AvgIpc) is 3.00. The number of rotatable bonds is 4. The zero-order chi connectivity index (χ0) is 16.5. The second kappa shape index (κ2) is 6.24. The van der Waals surface area contributed by atoms with Crippen LogP contribution in [0.3, 0.4) is 0 Å². The quantitative estimate of drug-likeness (QED) is 0.707. The number of pyridine rings is 1. The van der Waals surface area contributed by atoms with E-state index >= 15 is 0 Å². The molecular weight excluding hydrogens is 324 g/mol. The molecule has 1 aliphatic rings. The van der Waals surface area contributed by atoms with E-state index in [2.05, 4.69) is 15.3 Å². The van der Waals surface area contributed by atoms with E-state index in [4.69, 9.17) is 16.3 Å². The van der Waals surface area contributed by atoms with Crippen molar-refractivity contribution in [2.24, 2.45) is 0 Å². The normalized spacial score (nSPS) is 15.1. The lowest BCUT2D eigenvalue weighted by Crippen LogP contribution is -2.17. The largest absolute Gasteiger partial charge is 0.495 e. The minimum atomic E-state index is 0.524. The molecular formula is C18H17ClN4O. The predicted molar refractivity (Wildman–Crippen MR) is 95.1 cm³/mol. The monoisotopic (exact) mass is 340 g/mol. The number of halogens is 1. The van der Waals surface area contributed by atoms with E-state index in [1.54, 1.807) is 7.11 Å². The maximum atomic E-state index is 6.31. The standard InChI is InChI=1S/C18H17ClN4O/c1-24-17-10-9-16-15(18(17)19)8-7-12(20-16)5-6-13-11-23(22-21-13)14-3-2-4-14/h5-11,14H,2-4H2,1H3/b6-5+. The first-order valence-electron chi connectivity index (χ1n) is 7.98. The first kappa shape index (κ1) is 15.1. The third kappa shape index (κ3) is 2.76. The highest BCUT2D eigenvalue weighted by Gasteiger charge is 2.20. The molecule has 0 radical (unpaired) electrons. The second-order valence-electron chi connectivity index (χ2n) is 5.93. The summed E-state index contributed by atoms with van der Waals surface area (Å²) < 4.78 is 7.19. The molecule has 1 aliphatic carbocycles. The van der Waals surface area contributed by atoms with Gasteiger partial charge in [0.25, 0.3) is 0 Å². The number of aromatic nitrogens is 4. The summed E-state index contributed by atoms with van der Waals surface area (Å²) in [4.78, 5) is 4.61. The van der Waals surface area contributed by atoms with E-state index < -0.39 is 0 Å². The number of hydrogen-bond donors (Lipinski definition) is 0. The number of nitrogens with zero attached hydrogens (tertiary/aromatic N) is 4. The molecule has 24 heavy (non-hydrogen) atoms. The van der Waals surface area contributed by atoms with Crippen molar-refractivity contribution in [1.29, 1.82) is 0 Å².